The van der Waals surface area contributed by atoms with Crippen molar-refractivity contribution in [3.8, 4) is 6.07 Å². The summed E-state index contributed by atoms with van der Waals surface area (Å²) in [7, 11) is 0. The molecule has 106 valence electrons. The molecule has 7 heteroatoms. The van der Waals surface area contributed by atoms with Gasteiger partial charge in [-0.3, -0.25) is 9.59 Å². The number of amides is 1. The second-order valence-electron chi connectivity index (χ2n) is 4.01. The summed E-state index contributed by atoms with van der Waals surface area (Å²) in [5.74, 6) is -0.423. The van der Waals surface area contributed by atoms with E-state index in [0.717, 1.165) is 0 Å². The van der Waals surface area contributed by atoms with E-state index in [0.29, 0.717) is 17.0 Å². The van der Waals surface area contributed by atoms with Crippen LogP contribution in [0.15, 0.2) is 24.3 Å². The van der Waals surface area contributed by atoms with Gasteiger partial charge in [0.1, 0.15) is 6.04 Å². The molecule has 1 aromatic rings. The summed E-state index contributed by atoms with van der Waals surface area (Å²) in [6.45, 7) is 0. The predicted octanol–water partition coefficient (Wildman–Crippen LogP) is 1.03. The summed E-state index contributed by atoms with van der Waals surface area (Å²) < 4.78 is 0. The first kappa shape index (κ1) is 16.0. The van der Waals surface area contributed by atoms with Gasteiger partial charge in [-0.05, 0) is 24.3 Å². The second kappa shape index (κ2) is 8.19. The van der Waals surface area contributed by atoms with Crippen LogP contribution in [0.5, 0.6) is 0 Å². The van der Waals surface area contributed by atoms with Gasteiger partial charge < -0.3 is 16.2 Å². The Bertz CT molecular complexity index is 511. The minimum Gasteiger partial charge on any atom is -0.480 e. The van der Waals surface area contributed by atoms with Gasteiger partial charge in [-0.2, -0.15) is 17.0 Å². The quantitative estimate of drug-likeness (QED) is 0.647. The number of nitrogens with two attached hydrogens (primary N) is 1. The lowest BCUT2D eigenvalue weighted by molar-refractivity contribution is -0.137. The maximum absolute atomic E-state index is 11.6. The van der Waals surface area contributed by atoms with Crippen LogP contribution in [0.2, 0.25) is 0 Å². The van der Waals surface area contributed by atoms with Crippen LogP contribution in [0.4, 0.5) is 5.69 Å². The Balaban J connectivity index is 2.26. The van der Waals surface area contributed by atoms with Crippen molar-refractivity contribution in [3.05, 3.63) is 29.8 Å². The molecule has 0 fully saturated rings. The number of carboxylic acids is 1. The third-order valence-corrected chi connectivity index (χ3v) is 3.47. The average Bonchev–Trinajstić information content (AvgIpc) is 2.44. The van der Waals surface area contributed by atoms with Crippen LogP contribution in [-0.2, 0) is 9.59 Å². The highest BCUT2D eigenvalue weighted by atomic mass is 32.2. The molecular weight excluding hydrogens is 278 g/mol. The fourth-order valence-electron chi connectivity index (χ4n) is 1.30. The maximum atomic E-state index is 11.6. The van der Waals surface area contributed by atoms with Crippen molar-refractivity contribution in [2.45, 2.75) is 12.5 Å². The van der Waals surface area contributed by atoms with Gasteiger partial charge in [0.25, 0.3) is 0 Å². The van der Waals surface area contributed by atoms with Crippen LogP contribution < -0.4 is 11.1 Å². The highest BCUT2D eigenvalue weighted by molar-refractivity contribution is 7.99. The monoisotopic (exact) mass is 293 g/mol. The Labute approximate surface area is 121 Å². The van der Waals surface area contributed by atoms with Crippen molar-refractivity contribution in [2.75, 3.05) is 16.8 Å². The molecule has 0 unspecified atom stereocenters. The van der Waals surface area contributed by atoms with E-state index in [9.17, 15) is 9.59 Å². The van der Waals surface area contributed by atoms with Crippen molar-refractivity contribution < 1.29 is 14.7 Å². The minimum absolute atomic E-state index is 0.161. The number of aliphatic carboxylic acids is 1. The molecule has 0 heterocycles. The van der Waals surface area contributed by atoms with Crippen LogP contribution in [0.25, 0.3) is 0 Å². The van der Waals surface area contributed by atoms with E-state index in [2.05, 4.69) is 5.32 Å². The van der Waals surface area contributed by atoms with E-state index in [1.54, 1.807) is 24.3 Å². The lowest BCUT2D eigenvalue weighted by atomic mass is 10.2. The fourth-order valence-corrected chi connectivity index (χ4v) is 2.19. The van der Waals surface area contributed by atoms with Crippen LogP contribution in [-0.4, -0.2) is 34.5 Å². The highest BCUT2D eigenvalue weighted by Crippen LogP contribution is 2.10. The molecule has 0 saturated heterocycles. The number of nitrogens with zero attached hydrogens (tertiary/aromatic N) is 1. The molecule has 0 saturated carbocycles. The van der Waals surface area contributed by atoms with E-state index in [1.807, 2.05) is 6.07 Å². The van der Waals surface area contributed by atoms with Gasteiger partial charge >= 0.3 is 5.97 Å². The number of carbonyl (C=O) groups is 2. The first-order chi connectivity index (χ1) is 9.52. The number of anilines is 1. The number of thioether (sulfide) groups is 1. The molecule has 0 aliphatic carbocycles. The Morgan fingerprint density at radius 3 is 2.60 bits per heavy atom. The molecule has 1 rings (SSSR count). The smallest absolute Gasteiger partial charge is 0.321 e. The number of carbonyl (C=O) groups excluding carboxylic acids is 1. The maximum Gasteiger partial charge on any atom is 0.321 e. The molecule has 0 spiro atoms. The summed E-state index contributed by atoms with van der Waals surface area (Å²) in [6.07, 6.45) is 0.275. The van der Waals surface area contributed by atoms with E-state index >= 15 is 0 Å². The van der Waals surface area contributed by atoms with Gasteiger partial charge in [-0.1, -0.05) is 0 Å². The molecule has 0 aliphatic rings. The molecule has 0 bridgehead atoms. The van der Waals surface area contributed by atoms with E-state index in [4.69, 9.17) is 16.1 Å². The van der Waals surface area contributed by atoms with Crippen LogP contribution in [0.1, 0.15) is 12.0 Å². The van der Waals surface area contributed by atoms with Gasteiger partial charge in [0.2, 0.25) is 5.91 Å². The van der Waals surface area contributed by atoms with Crippen molar-refractivity contribution in [1.82, 2.24) is 0 Å². The van der Waals surface area contributed by atoms with Gasteiger partial charge in [-0.25, -0.2) is 0 Å². The van der Waals surface area contributed by atoms with Gasteiger partial charge in [0.05, 0.1) is 11.6 Å². The van der Waals surface area contributed by atoms with Crippen LogP contribution in [0, 0.1) is 11.3 Å². The molecule has 0 aliphatic heterocycles. The number of benzene rings is 1. The number of rotatable bonds is 7. The average molecular weight is 293 g/mol. The molecule has 20 heavy (non-hydrogen) atoms. The minimum atomic E-state index is -1.04. The van der Waals surface area contributed by atoms with Crippen molar-refractivity contribution in [3.63, 3.8) is 0 Å². The third kappa shape index (κ3) is 5.73. The topological polar surface area (TPSA) is 116 Å². The number of hydrogen-bond donors (Lipinski definition) is 3. The Hall–Kier alpha value is -2.04. The van der Waals surface area contributed by atoms with Gasteiger partial charge in [-0.15, -0.1) is 0 Å². The van der Waals surface area contributed by atoms with Crippen LogP contribution >= 0.6 is 11.8 Å². The standard InChI is InChI=1S/C13H15N3O3S/c14-7-9-1-3-10(4-2-9)16-12(17)5-6-20-8-11(15)13(18)19/h1-4,11H,5-6,8,15H2,(H,16,17)(H,18,19)/t11-/m1/s1. The molecular formula is C13H15N3O3S. The zero-order valence-corrected chi connectivity index (χ0v) is 11.5. The Kier molecular flexibility index (Phi) is 6.56. The van der Waals surface area contributed by atoms with Crippen molar-refractivity contribution >= 4 is 29.3 Å². The number of hydrogen-bond acceptors (Lipinski definition) is 5. The summed E-state index contributed by atoms with van der Waals surface area (Å²) in [6, 6.07) is 7.65. The second-order valence-corrected chi connectivity index (χ2v) is 5.16. The zero-order valence-electron chi connectivity index (χ0n) is 10.7. The summed E-state index contributed by atoms with van der Waals surface area (Å²) in [5.41, 5.74) is 6.49. The molecule has 1 atom stereocenters. The largest absolute Gasteiger partial charge is 0.480 e. The van der Waals surface area contributed by atoms with Crippen LogP contribution in [0.3, 0.4) is 0 Å². The van der Waals surface area contributed by atoms with E-state index < -0.39 is 12.0 Å². The molecule has 4 N–H and O–H groups in total. The van der Waals surface area contributed by atoms with Crippen molar-refractivity contribution in [2.24, 2.45) is 5.73 Å². The first-order valence-corrected chi connectivity index (χ1v) is 7.04. The zero-order chi connectivity index (χ0) is 15.0. The third-order valence-electron chi connectivity index (χ3n) is 2.39. The highest BCUT2D eigenvalue weighted by Gasteiger charge is 2.11. The lowest BCUT2D eigenvalue weighted by Gasteiger charge is -2.07. The number of nitrogens with one attached hydrogen (secondary N) is 1. The Morgan fingerprint density at radius 2 is 2.05 bits per heavy atom. The molecule has 0 radical (unpaired) electrons. The molecule has 6 nitrogen and oxygen atoms in total. The summed E-state index contributed by atoms with van der Waals surface area (Å²) in [4.78, 5) is 22.1. The fraction of sp³-hybridized carbons (Fsp3) is 0.308. The lowest BCUT2D eigenvalue weighted by Crippen LogP contribution is -2.32. The van der Waals surface area contributed by atoms with E-state index in [-0.39, 0.29) is 18.1 Å². The van der Waals surface area contributed by atoms with Gasteiger partial charge in [0.15, 0.2) is 0 Å². The van der Waals surface area contributed by atoms with E-state index in [1.165, 1.54) is 11.8 Å². The number of nitriles is 1. The number of carboxylic acid groups (broad SMARTS) is 1. The molecule has 1 aromatic carbocycles. The molecule has 0 aromatic heterocycles. The predicted molar refractivity (Wildman–Crippen MR) is 77.3 cm³/mol. The molecule has 1 amide bonds. The Morgan fingerprint density at radius 1 is 1.40 bits per heavy atom. The normalized spacial score (nSPS) is 11.4. The van der Waals surface area contributed by atoms with Gasteiger partial charge in [0, 0.05) is 23.6 Å². The summed E-state index contributed by atoms with van der Waals surface area (Å²) >= 11 is 1.32. The summed E-state index contributed by atoms with van der Waals surface area (Å²) in [5, 5.41) is 19.9. The van der Waals surface area contributed by atoms with Crippen molar-refractivity contribution in [1.29, 1.82) is 5.26 Å². The SMILES string of the molecule is N#Cc1ccc(NC(=O)CCSC[C@@H](N)C(=O)O)cc1. The first-order valence-electron chi connectivity index (χ1n) is 5.89.